The first-order chi connectivity index (χ1) is 12.9. The molecule has 1 saturated heterocycles. The summed E-state index contributed by atoms with van der Waals surface area (Å²) in [6.07, 6.45) is 2.74. The van der Waals surface area contributed by atoms with Crippen molar-refractivity contribution in [3.63, 3.8) is 0 Å². The summed E-state index contributed by atoms with van der Waals surface area (Å²) in [4.78, 5) is 12.5. The van der Waals surface area contributed by atoms with E-state index in [1.807, 2.05) is 38.1 Å². The lowest BCUT2D eigenvalue weighted by atomic mass is 10.0. The molecular weight excluding hydrogens is 360 g/mol. The van der Waals surface area contributed by atoms with Gasteiger partial charge in [0, 0.05) is 24.7 Å². The largest absolute Gasteiger partial charge is 0.350 e. The Balaban J connectivity index is 1.74. The molecule has 2 aromatic rings. The van der Waals surface area contributed by atoms with Crippen molar-refractivity contribution in [2.24, 2.45) is 0 Å². The van der Waals surface area contributed by atoms with Crippen LogP contribution < -0.4 is 5.32 Å². The second-order valence-corrected chi connectivity index (χ2v) is 8.93. The Bertz CT molecular complexity index is 884. The van der Waals surface area contributed by atoms with Gasteiger partial charge in [-0.2, -0.15) is 4.31 Å². The molecule has 0 spiro atoms. The zero-order valence-corrected chi connectivity index (χ0v) is 16.6. The minimum atomic E-state index is -3.39. The smallest absolute Gasteiger partial charge is 0.251 e. The van der Waals surface area contributed by atoms with Gasteiger partial charge in [0.25, 0.3) is 5.91 Å². The number of nitrogens with one attached hydrogen (secondary N) is 1. The molecule has 0 radical (unpaired) electrons. The van der Waals surface area contributed by atoms with Gasteiger partial charge in [0.1, 0.15) is 0 Å². The normalized spacial score (nSPS) is 16.2. The second kappa shape index (κ2) is 8.23. The molecule has 1 aliphatic heterocycles. The monoisotopic (exact) mass is 386 g/mol. The van der Waals surface area contributed by atoms with Gasteiger partial charge in [0.15, 0.2) is 0 Å². The van der Waals surface area contributed by atoms with E-state index < -0.39 is 10.0 Å². The summed E-state index contributed by atoms with van der Waals surface area (Å²) in [7, 11) is -3.39. The van der Waals surface area contributed by atoms with Crippen LogP contribution in [-0.2, 0) is 10.0 Å². The molecule has 0 bridgehead atoms. The van der Waals surface area contributed by atoms with Crippen molar-refractivity contribution >= 4 is 15.9 Å². The molecule has 2 aromatic carbocycles. The minimum absolute atomic E-state index is 0.0806. The molecule has 0 aliphatic carbocycles. The average molecular weight is 387 g/mol. The number of carbonyl (C=O) groups is 1. The quantitative estimate of drug-likeness (QED) is 0.824. The van der Waals surface area contributed by atoms with Crippen LogP contribution in [0.15, 0.2) is 53.4 Å². The Labute approximate surface area is 161 Å². The maximum Gasteiger partial charge on any atom is 0.251 e. The topological polar surface area (TPSA) is 66.5 Å². The summed E-state index contributed by atoms with van der Waals surface area (Å²) < 4.78 is 26.7. The van der Waals surface area contributed by atoms with Gasteiger partial charge in [-0.1, -0.05) is 31.2 Å². The summed E-state index contributed by atoms with van der Waals surface area (Å²) in [6, 6.07) is 14.4. The van der Waals surface area contributed by atoms with Crippen molar-refractivity contribution in [1.82, 2.24) is 9.62 Å². The third kappa shape index (κ3) is 4.39. The highest BCUT2D eigenvalue weighted by molar-refractivity contribution is 7.89. The number of carbonyl (C=O) groups excluding carboxylic acids is 1. The van der Waals surface area contributed by atoms with Crippen molar-refractivity contribution in [2.75, 3.05) is 13.1 Å². The van der Waals surface area contributed by atoms with E-state index in [-0.39, 0.29) is 11.9 Å². The molecule has 1 aliphatic rings. The van der Waals surface area contributed by atoms with Crippen LogP contribution in [0.5, 0.6) is 0 Å². The zero-order chi connectivity index (χ0) is 19.4. The Hall–Kier alpha value is -2.18. The highest BCUT2D eigenvalue weighted by Crippen LogP contribution is 2.25. The van der Waals surface area contributed by atoms with Crippen LogP contribution in [-0.4, -0.2) is 37.8 Å². The van der Waals surface area contributed by atoms with Gasteiger partial charge >= 0.3 is 0 Å². The number of sulfonamides is 1. The van der Waals surface area contributed by atoms with Gasteiger partial charge in [-0.05, 0) is 61.6 Å². The molecule has 1 heterocycles. The van der Waals surface area contributed by atoms with E-state index in [1.54, 1.807) is 28.6 Å². The van der Waals surface area contributed by atoms with E-state index in [9.17, 15) is 13.2 Å². The summed E-state index contributed by atoms with van der Waals surface area (Å²) in [5.74, 6) is -0.0806. The number of hydrogen-bond donors (Lipinski definition) is 1. The van der Waals surface area contributed by atoms with Gasteiger partial charge < -0.3 is 5.32 Å². The highest BCUT2D eigenvalue weighted by atomic mass is 32.2. The predicted molar refractivity (Wildman–Crippen MR) is 107 cm³/mol. The molecule has 5 nitrogen and oxygen atoms in total. The highest BCUT2D eigenvalue weighted by Gasteiger charge is 2.26. The average Bonchev–Trinajstić information content (AvgIpc) is 3.24. The lowest BCUT2D eigenvalue weighted by Crippen LogP contribution is -2.31. The molecule has 1 N–H and O–H groups in total. The molecule has 1 fully saturated rings. The SMILES string of the molecule is CCC(C)NC(=O)c1ccc(-c2ccc(S(=O)(=O)N3CCCC3)cc2)cc1. The molecule has 1 atom stereocenters. The fourth-order valence-electron chi connectivity index (χ4n) is 3.12. The number of hydrogen-bond acceptors (Lipinski definition) is 3. The van der Waals surface area contributed by atoms with Crippen LogP contribution in [0.25, 0.3) is 11.1 Å². The fraction of sp³-hybridized carbons (Fsp3) is 0.381. The van der Waals surface area contributed by atoms with Crippen molar-refractivity contribution < 1.29 is 13.2 Å². The van der Waals surface area contributed by atoms with Crippen molar-refractivity contribution in [2.45, 2.75) is 44.0 Å². The molecule has 6 heteroatoms. The van der Waals surface area contributed by atoms with E-state index in [1.165, 1.54) is 0 Å². The first-order valence-electron chi connectivity index (χ1n) is 9.43. The van der Waals surface area contributed by atoms with E-state index in [0.717, 1.165) is 30.4 Å². The predicted octanol–water partition coefficient (Wildman–Crippen LogP) is 3.67. The zero-order valence-electron chi connectivity index (χ0n) is 15.8. The van der Waals surface area contributed by atoms with E-state index in [4.69, 9.17) is 0 Å². The molecule has 0 saturated carbocycles. The van der Waals surface area contributed by atoms with Gasteiger partial charge in [-0.15, -0.1) is 0 Å². The molecule has 3 rings (SSSR count). The first-order valence-corrected chi connectivity index (χ1v) is 10.9. The maximum atomic E-state index is 12.6. The minimum Gasteiger partial charge on any atom is -0.350 e. The van der Waals surface area contributed by atoms with E-state index in [0.29, 0.717) is 23.5 Å². The van der Waals surface area contributed by atoms with Crippen LogP contribution in [0, 0.1) is 0 Å². The Morgan fingerprint density at radius 3 is 2.04 bits per heavy atom. The molecular formula is C21H26N2O3S. The third-order valence-corrected chi connectivity index (χ3v) is 6.94. The second-order valence-electron chi connectivity index (χ2n) is 7.00. The standard InChI is InChI=1S/C21H26N2O3S/c1-3-16(2)22-21(24)19-8-6-17(7-9-19)18-10-12-20(13-11-18)27(25,26)23-14-4-5-15-23/h6-13,16H,3-5,14-15H2,1-2H3,(H,22,24). The molecule has 1 amide bonds. The van der Waals surface area contributed by atoms with Gasteiger partial charge in [0.2, 0.25) is 10.0 Å². The number of nitrogens with zero attached hydrogens (tertiary/aromatic N) is 1. The van der Waals surface area contributed by atoms with E-state index in [2.05, 4.69) is 5.32 Å². The first kappa shape index (κ1) is 19.6. The van der Waals surface area contributed by atoms with Crippen LogP contribution >= 0.6 is 0 Å². The van der Waals surface area contributed by atoms with Crippen molar-refractivity contribution in [3.8, 4) is 11.1 Å². The summed E-state index contributed by atoms with van der Waals surface area (Å²) in [6.45, 7) is 5.21. The van der Waals surface area contributed by atoms with Crippen LogP contribution in [0.3, 0.4) is 0 Å². The summed E-state index contributed by atoms with van der Waals surface area (Å²) in [5, 5.41) is 2.95. The van der Waals surface area contributed by atoms with Crippen molar-refractivity contribution in [1.29, 1.82) is 0 Å². The summed E-state index contributed by atoms with van der Waals surface area (Å²) >= 11 is 0. The van der Waals surface area contributed by atoms with Gasteiger partial charge in [-0.25, -0.2) is 8.42 Å². The van der Waals surface area contributed by atoms with Crippen LogP contribution in [0.4, 0.5) is 0 Å². The lowest BCUT2D eigenvalue weighted by molar-refractivity contribution is 0.0939. The van der Waals surface area contributed by atoms with Gasteiger partial charge in [-0.3, -0.25) is 4.79 Å². The summed E-state index contributed by atoms with van der Waals surface area (Å²) in [5.41, 5.74) is 2.48. The fourth-order valence-corrected chi connectivity index (χ4v) is 4.64. The molecule has 0 aromatic heterocycles. The molecule has 27 heavy (non-hydrogen) atoms. The molecule has 144 valence electrons. The van der Waals surface area contributed by atoms with Crippen LogP contribution in [0.1, 0.15) is 43.5 Å². The molecule has 1 unspecified atom stereocenters. The number of benzene rings is 2. The Morgan fingerprint density at radius 2 is 1.52 bits per heavy atom. The van der Waals surface area contributed by atoms with Crippen LogP contribution in [0.2, 0.25) is 0 Å². The maximum absolute atomic E-state index is 12.6. The Kier molecular flexibility index (Phi) is 5.97. The van der Waals surface area contributed by atoms with Crippen molar-refractivity contribution in [3.05, 3.63) is 54.1 Å². The number of amides is 1. The third-order valence-electron chi connectivity index (χ3n) is 5.03. The van der Waals surface area contributed by atoms with Gasteiger partial charge in [0.05, 0.1) is 4.90 Å². The Morgan fingerprint density at radius 1 is 1.00 bits per heavy atom. The lowest BCUT2D eigenvalue weighted by Gasteiger charge is -2.15. The number of rotatable bonds is 6. The van der Waals surface area contributed by atoms with E-state index >= 15 is 0 Å².